The Balaban J connectivity index is 0.00000162. The van der Waals surface area contributed by atoms with Crippen molar-refractivity contribution in [1.29, 1.82) is 0 Å². The van der Waals surface area contributed by atoms with E-state index in [1.165, 1.54) is 5.56 Å². The molecule has 1 heterocycles. The highest BCUT2D eigenvalue weighted by Gasteiger charge is 1.93. The summed E-state index contributed by atoms with van der Waals surface area (Å²) in [6.07, 6.45) is 6.74. The molecule has 1 aromatic carbocycles. The van der Waals surface area contributed by atoms with Gasteiger partial charge in [-0.25, -0.2) is 4.98 Å². The molecule has 1 N–H and O–H groups in total. The van der Waals surface area contributed by atoms with Crippen LogP contribution in [0.1, 0.15) is 12.0 Å². The van der Waals surface area contributed by atoms with E-state index in [1.54, 1.807) is 6.20 Å². The van der Waals surface area contributed by atoms with E-state index in [9.17, 15) is 0 Å². The monoisotopic (exact) mass is 285 g/mol. The van der Waals surface area contributed by atoms with Crippen molar-refractivity contribution in [3.05, 3.63) is 53.6 Å². The molecule has 0 aliphatic rings. The van der Waals surface area contributed by atoms with Gasteiger partial charge in [0.2, 0.25) is 0 Å². The van der Waals surface area contributed by atoms with Gasteiger partial charge in [0.05, 0.1) is 6.33 Å². The SMILES string of the molecule is Cl.Clc1ccc(CNCCCn2ccnc2)cc1. The van der Waals surface area contributed by atoms with E-state index in [2.05, 4.69) is 14.9 Å². The van der Waals surface area contributed by atoms with Gasteiger partial charge in [0.15, 0.2) is 0 Å². The summed E-state index contributed by atoms with van der Waals surface area (Å²) in [5, 5.41) is 4.19. The van der Waals surface area contributed by atoms with Crippen LogP contribution < -0.4 is 5.32 Å². The second-order valence-electron chi connectivity index (χ2n) is 3.96. The molecule has 0 amide bonds. The van der Waals surface area contributed by atoms with Crippen LogP contribution in [0.2, 0.25) is 5.02 Å². The summed E-state index contributed by atoms with van der Waals surface area (Å²) in [6, 6.07) is 7.94. The van der Waals surface area contributed by atoms with E-state index in [0.717, 1.165) is 31.1 Å². The van der Waals surface area contributed by atoms with Crippen LogP contribution in [0.3, 0.4) is 0 Å². The molecule has 0 aliphatic heterocycles. The third-order valence-electron chi connectivity index (χ3n) is 2.57. The average Bonchev–Trinajstić information content (AvgIpc) is 2.84. The molecular weight excluding hydrogens is 269 g/mol. The molecule has 18 heavy (non-hydrogen) atoms. The number of benzene rings is 1. The van der Waals surface area contributed by atoms with Gasteiger partial charge in [-0.3, -0.25) is 0 Å². The minimum Gasteiger partial charge on any atom is -0.337 e. The predicted molar refractivity (Wildman–Crippen MR) is 77.3 cm³/mol. The molecule has 98 valence electrons. The molecule has 0 fully saturated rings. The number of aryl methyl sites for hydroxylation is 1. The van der Waals surface area contributed by atoms with E-state index in [0.29, 0.717) is 0 Å². The molecule has 2 aromatic rings. The average molecular weight is 286 g/mol. The number of hydrogen-bond donors (Lipinski definition) is 1. The lowest BCUT2D eigenvalue weighted by molar-refractivity contribution is 0.581. The van der Waals surface area contributed by atoms with E-state index >= 15 is 0 Å². The van der Waals surface area contributed by atoms with Crippen LogP contribution >= 0.6 is 24.0 Å². The van der Waals surface area contributed by atoms with Crippen molar-refractivity contribution >= 4 is 24.0 Å². The van der Waals surface area contributed by atoms with Crippen LogP contribution in [0.15, 0.2) is 43.0 Å². The number of halogens is 2. The molecule has 5 heteroatoms. The Hall–Kier alpha value is -1.03. The zero-order valence-electron chi connectivity index (χ0n) is 10.1. The third-order valence-corrected chi connectivity index (χ3v) is 2.82. The van der Waals surface area contributed by atoms with Gasteiger partial charge in [-0.1, -0.05) is 23.7 Å². The van der Waals surface area contributed by atoms with Crippen molar-refractivity contribution in [2.75, 3.05) is 6.54 Å². The second kappa shape index (κ2) is 8.14. The minimum atomic E-state index is 0. The number of hydrogen-bond acceptors (Lipinski definition) is 2. The fourth-order valence-corrected chi connectivity index (χ4v) is 1.77. The van der Waals surface area contributed by atoms with Crippen molar-refractivity contribution in [2.24, 2.45) is 0 Å². The number of aromatic nitrogens is 2. The van der Waals surface area contributed by atoms with E-state index in [-0.39, 0.29) is 12.4 Å². The minimum absolute atomic E-state index is 0. The van der Waals surface area contributed by atoms with Crippen LogP contribution in [0, 0.1) is 0 Å². The summed E-state index contributed by atoms with van der Waals surface area (Å²) in [6.45, 7) is 2.90. The highest BCUT2D eigenvalue weighted by Crippen LogP contribution is 2.08. The van der Waals surface area contributed by atoms with Crippen LogP contribution in [0.4, 0.5) is 0 Å². The van der Waals surface area contributed by atoms with Crippen LogP contribution in [0.5, 0.6) is 0 Å². The van der Waals surface area contributed by atoms with Crippen molar-refractivity contribution in [1.82, 2.24) is 14.9 Å². The van der Waals surface area contributed by atoms with Crippen molar-refractivity contribution in [3.8, 4) is 0 Å². The van der Waals surface area contributed by atoms with Gasteiger partial charge in [-0.2, -0.15) is 0 Å². The number of nitrogens with zero attached hydrogens (tertiary/aromatic N) is 2. The summed E-state index contributed by atoms with van der Waals surface area (Å²) >= 11 is 5.82. The standard InChI is InChI=1S/C13H16ClN3.ClH/c14-13-4-2-12(3-5-13)10-15-6-1-8-17-9-7-16-11-17;/h2-5,7,9,11,15H,1,6,8,10H2;1H. The van der Waals surface area contributed by atoms with Gasteiger partial charge in [0, 0.05) is 30.5 Å². The number of rotatable bonds is 6. The second-order valence-corrected chi connectivity index (χ2v) is 4.39. The Kier molecular flexibility index (Phi) is 6.80. The summed E-state index contributed by atoms with van der Waals surface area (Å²) in [5.41, 5.74) is 1.26. The quantitative estimate of drug-likeness (QED) is 0.827. The summed E-state index contributed by atoms with van der Waals surface area (Å²) in [4.78, 5) is 4.01. The molecule has 0 saturated carbocycles. The Bertz CT molecular complexity index is 426. The molecule has 0 saturated heterocycles. The lowest BCUT2D eigenvalue weighted by Crippen LogP contribution is -2.16. The zero-order valence-corrected chi connectivity index (χ0v) is 11.6. The van der Waals surface area contributed by atoms with Crippen molar-refractivity contribution in [2.45, 2.75) is 19.5 Å². The topological polar surface area (TPSA) is 29.9 Å². The number of imidazole rings is 1. The summed E-state index contributed by atoms with van der Waals surface area (Å²) in [5.74, 6) is 0. The first-order valence-electron chi connectivity index (χ1n) is 5.75. The first-order valence-corrected chi connectivity index (χ1v) is 6.13. The summed E-state index contributed by atoms with van der Waals surface area (Å²) < 4.78 is 2.09. The molecule has 0 spiro atoms. The van der Waals surface area contributed by atoms with Gasteiger partial charge in [-0.15, -0.1) is 12.4 Å². The molecule has 0 aliphatic carbocycles. The highest BCUT2D eigenvalue weighted by molar-refractivity contribution is 6.30. The Morgan fingerprint density at radius 2 is 2.00 bits per heavy atom. The summed E-state index contributed by atoms with van der Waals surface area (Å²) in [7, 11) is 0. The van der Waals surface area contributed by atoms with Gasteiger partial charge < -0.3 is 9.88 Å². The normalized spacial score (nSPS) is 10.1. The molecule has 3 nitrogen and oxygen atoms in total. The van der Waals surface area contributed by atoms with Crippen LogP contribution in [-0.4, -0.2) is 16.1 Å². The Morgan fingerprint density at radius 1 is 1.22 bits per heavy atom. The van der Waals surface area contributed by atoms with Crippen molar-refractivity contribution in [3.63, 3.8) is 0 Å². The number of nitrogens with one attached hydrogen (secondary N) is 1. The van der Waals surface area contributed by atoms with E-state index in [4.69, 9.17) is 11.6 Å². The van der Waals surface area contributed by atoms with E-state index in [1.807, 2.05) is 36.8 Å². The molecule has 0 radical (unpaired) electrons. The molecule has 0 atom stereocenters. The lowest BCUT2D eigenvalue weighted by atomic mass is 10.2. The van der Waals surface area contributed by atoms with Gasteiger partial charge in [0.1, 0.15) is 0 Å². The lowest BCUT2D eigenvalue weighted by Gasteiger charge is -2.05. The van der Waals surface area contributed by atoms with Gasteiger partial charge >= 0.3 is 0 Å². The van der Waals surface area contributed by atoms with Gasteiger partial charge in [0.25, 0.3) is 0 Å². The van der Waals surface area contributed by atoms with Crippen LogP contribution in [0.25, 0.3) is 0 Å². The first kappa shape index (κ1) is 15.0. The van der Waals surface area contributed by atoms with E-state index < -0.39 is 0 Å². The van der Waals surface area contributed by atoms with Gasteiger partial charge in [-0.05, 0) is 30.7 Å². The Morgan fingerprint density at radius 3 is 2.67 bits per heavy atom. The highest BCUT2D eigenvalue weighted by atomic mass is 35.5. The maximum atomic E-state index is 5.82. The first-order chi connectivity index (χ1) is 8.34. The van der Waals surface area contributed by atoms with Crippen LogP contribution in [-0.2, 0) is 13.1 Å². The smallest absolute Gasteiger partial charge is 0.0945 e. The van der Waals surface area contributed by atoms with Crippen molar-refractivity contribution < 1.29 is 0 Å². The third kappa shape index (κ3) is 5.08. The maximum absolute atomic E-state index is 5.82. The zero-order chi connectivity index (χ0) is 11.9. The molecule has 2 rings (SSSR count). The predicted octanol–water partition coefficient (Wildman–Crippen LogP) is 3.14. The maximum Gasteiger partial charge on any atom is 0.0945 e. The molecule has 0 bridgehead atoms. The molecule has 0 unspecified atom stereocenters. The Labute approximate surface area is 119 Å². The molecular formula is C13H17Cl2N3. The molecule has 1 aromatic heterocycles. The fraction of sp³-hybridized carbons (Fsp3) is 0.308. The largest absolute Gasteiger partial charge is 0.337 e. The fourth-order valence-electron chi connectivity index (χ4n) is 1.64.